The van der Waals surface area contributed by atoms with Gasteiger partial charge in [0.05, 0.1) is 38.1 Å². The van der Waals surface area contributed by atoms with Crippen LogP contribution in [0.15, 0.2) is 42.5 Å². The molecule has 35 heavy (non-hydrogen) atoms. The molecule has 0 aliphatic carbocycles. The first-order chi connectivity index (χ1) is 17.1. The number of rotatable bonds is 10. The summed E-state index contributed by atoms with van der Waals surface area (Å²) in [6.45, 7) is 4.33. The van der Waals surface area contributed by atoms with E-state index in [1.54, 1.807) is 21.3 Å². The zero-order valence-corrected chi connectivity index (χ0v) is 20.9. The average molecular weight is 484 g/mol. The Morgan fingerprint density at radius 1 is 1.20 bits per heavy atom. The lowest BCUT2D eigenvalue weighted by Gasteiger charge is -2.36. The molecule has 0 radical (unpaired) electrons. The molecule has 2 aromatic carbocycles. The lowest BCUT2D eigenvalue weighted by atomic mass is 9.84. The van der Waals surface area contributed by atoms with Crippen LogP contribution < -0.4 is 25.0 Å². The van der Waals surface area contributed by atoms with Gasteiger partial charge in [0.25, 0.3) is 0 Å². The van der Waals surface area contributed by atoms with E-state index in [1.807, 2.05) is 18.2 Å². The Morgan fingerprint density at radius 2 is 2.03 bits per heavy atom. The molecule has 2 heterocycles. The maximum Gasteiger partial charge on any atom is 0.236 e. The van der Waals surface area contributed by atoms with Crippen molar-refractivity contribution in [2.75, 3.05) is 59.0 Å². The van der Waals surface area contributed by atoms with E-state index in [9.17, 15) is 4.79 Å². The van der Waals surface area contributed by atoms with Gasteiger partial charge in [-0.3, -0.25) is 4.79 Å². The highest BCUT2D eigenvalue weighted by Gasteiger charge is 2.35. The van der Waals surface area contributed by atoms with E-state index in [1.165, 1.54) is 0 Å². The number of hydrogen-bond acceptors (Lipinski definition) is 7. The van der Waals surface area contributed by atoms with Gasteiger partial charge in [0.15, 0.2) is 0 Å². The summed E-state index contributed by atoms with van der Waals surface area (Å²) in [6.07, 6.45) is 1.58. The Balaban J connectivity index is 1.47. The molecule has 4 rings (SSSR count). The van der Waals surface area contributed by atoms with E-state index in [0.717, 1.165) is 54.4 Å². The summed E-state index contributed by atoms with van der Waals surface area (Å²) >= 11 is 0. The topological polar surface area (TPSA) is 81.3 Å². The number of piperidine rings is 1. The number of ether oxygens (including phenoxy) is 4. The van der Waals surface area contributed by atoms with Crippen LogP contribution in [0.3, 0.4) is 0 Å². The third-order valence-corrected chi connectivity index (χ3v) is 6.83. The van der Waals surface area contributed by atoms with Crippen molar-refractivity contribution in [3.8, 4) is 11.5 Å². The van der Waals surface area contributed by atoms with Gasteiger partial charge in [-0.15, -0.1) is 0 Å². The number of amides is 1. The lowest BCUT2D eigenvalue weighted by molar-refractivity contribution is -0.124. The summed E-state index contributed by atoms with van der Waals surface area (Å²) in [4.78, 5) is 14.7. The van der Waals surface area contributed by atoms with Gasteiger partial charge in [-0.25, -0.2) is 0 Å². The summed E-state index contributed by atoms with van der Waals surface area (Å²) in [5.41, 5.74) is 3.36. The third-order valence-electron chi connectivity index (χ3n) is 6.83. The molecule has 0 saturated carbocycles. The number of methoxy groups -OCH3 is 2. The largest absolute Gasteiger partial charge is 0.497 e. The maximum atomic E-state index is 12.3. The number of carbonyl (C=O) groups excluding carboxylic acids is 1. The van der Waals surface area contributed by atoms with Crippen molar-refractivity contribution < 1.29 is 23.7 Å². The zero-order chi connectivity index (χ0) is 24.6. The second-order valence-corrected chi connectivity index (χ2v) is 9.02. The van der Waals surface area contributed by atoms with E-state index in [2.05, 4.69) is 39.8 Å². The molecular weight excluding hydrogens is 446 g/mol. The molecule has 0 spiro atoms. The van der Waals surface area contributed by atoms with Crippen molar-refractivity contribution in [1.82, 2.24) is 10.6 Å². The van der Waals surface area contributed by atoms with E-state index < -0.39 is 0 Å². The highest BCUT2D eigenvalue weighted by Crippen LogP contribution is 2.35. The average Bonchev–Trinajstić information content (AvgIpc) is 2.91. The van der Waals surface area contributed by atoms with Crippen LogP contribution in [0, 0.1) is 0 Å². The predicted octanol–water partition coefficient (Wildman–Crippen LogP) is 2.71. The second-order valence-electron chi connectivity index (χ2n) is 9.02. The third kappa shape index (κ3) is 6.25. The summed E-state index contributed by atoms with van der Waals surface area (Å²) < 4.78 is 22.9. The molecule has 1 amide bonds. The molecule has 190 valence electrons. The fourth-order valence-corrected chi connectivity index (χ4v) is 4.88. The highest BCUT2D eigenvalue weighted by molar-refractivity contribution is 5.81. The normalized spacial score (nSPS) is 21.7. The van der Waals surface area contributed by atoms with Gasteiger partial charge in [-0.1, -0.05) is 18.2 Å². The second kappa shape index (κ2) is 12.2. The SMILES string of the molecule is CNC(=O)[C@H]1C[C@H](c2ccc(OC)cc2)C(OCc2ccc3c(c2)N(CCCOC)CCO3)CN1. The summed E-state index contributed by atoms with van der Waals surface area (Å²) in [6, 6.07) is 14.1. The molecule has 8 nitrogen and oxygen atoms in total. The minimum absolute atomic E-state index is 0.00483. The minimum Gasteiger partial charge on any atom is -0.497 e. The highest BCUT2D eigenvalue weighted by atomic mass is 16.5. The van der Waals surface area contributed by atoms with Crippen molar-refractivity contribution in [1.29, 1.82) is 0 Å². The van der Waals surface area contributed by atoms with E-state index in [0.29, 0.717) is 26.2 Å². The Kier molecular flexibility index (Phi) is 8.84. The van der Waals surface area contributed by atoms with Gasteiger partial charge >= 0.3 is 0 Å². The van der Waals surface area contributed by atoms with Crippen LogP contribution in [0.5, 0.6) is 11.5 Å². The van der Waals surface area contributed by atoms with Gasteiger partial charge in [-0.05, 0) is 48.2 Å². The molecule has 3 atom stereocenters. The zero-order valence-electron chi connectivity index (χ0n) is 20.9. The molecule has 8 heteroatoms. The number of likely N-dealkylation sites (N-methyl/N-ethyl adjacent to an activating group) is 1. The van der Waals surface area contributed by atoms with Crippen LogP contribution in [-0.2, 0) is 20.9 Å². The standard InChI is InChI=1S/C27H37N3O5/c1-28-27(31)23-16-22(20-6-8-21(33-3)9-7-20)26(17-29-23)35-18-19-5-10-25-24(15-19)30(12-14-34-25)11-4-13-32-2/h5-10,15,22-23,26,29H,4,11-14,16-18H2,1-3H3,(H,28,31)/t22-,23-,26?/m1/s1. The number of hydrogen-bond donors (Lipinski definition) is 2. The molecule has 2 aromatic rings. The summed E-state index contributed by atoms with van der Waals surface area (Å²) in [7, 11) is 5.07. The number of anilines is 1. The summed E-state index contributed by atoms with van der Waals surface area (Å²) in [5.74, 6) is 1.83. The van der Waals surface area contributed by atoms with Gasteiger partial charge in [0, 0.05) is 39.8 Å². The molecule has 1 saturated heterocycles. The van der Waals surface area contributed by atoms with Gasteiger partial charge in [0.1, 0.15) is 18.1 Å². The molecule has 1 fully saturated rings. The fraction of sp³-hybridized carbons (Fsp3) is 0.519. The van der Waals surface area contributed by atoms with Crippen LogP contribution in [0.25, 0.3) is 0 Å². The lowest BCUT2D eigenvalue weighted by Crippen LogP contribution is -2.53. The molecule has 2 aliphatic heterocycles. The van der Waals surface area contributed by atoms with Crippen LogP contribution in [0.2, 0.25) is 0 Å². The number of nitrogens with one attached hydrogen (secondary N) is 2. The van der Waals surface area contributed by atoms with Gasteiger partial charge in [0.2, 0.25) is 5.91 Å². The Bertz CT molecular complexity index is 968. The molecule has 0 bridgehead atoms. The van der Waals surface area contributed by atoms with E-state index >= 15 is 0 Å². The van der Waals surface area contributed by atoms with E-state index in [-0.39, 0.29) is 24.0 Å². The van der Waals surface area contributed by atoms with Crippen molar-refractivity contribution in [2.24, 2.45) is 0 Å². The number of fused-ring (bicyclic) bond motifs is 1. The van der Waals surface area contributed by atoms with Crippen molar-refractivity contribution in [2.45, 2.75) is 37.5 Å². The van der Waals surface area contributed by atoms with Crippen LogP contribution in [0.4, 0.5) is 5.69 Å². The number of benzene rings is 2. The molecule has 2 N–H and O–H groups in total. The minimum atomic E-state index is -0.242. The van der Waals surface area contributed by atoms with Gasteiger partial charge < -0.3 is 34.5 Å². The summed E-state index contributed by atoms with van der Waals surface area (Å²) in [5, 5.41) is 6.12. The van der Waals surface area contributed by atoms with Crippen molar-refractivity contribution >= 4 is 11.6 Å². The van der Waals surface area contributed by atoms with Crippen LogP contribution in [-0.4, -0.2) is 72.2 Å². The van der Waals surface area contributed by atoms with E-state index in [4.69, 9.17) is 18.9 Å². The Hall–Kier alpha value is -2.81. The predicted molar refractivity (Wildman–Crippen MR) is 135 cm³/mol. The number of carbonyl (C=O) groups is 1. The molecule has 1 unspecified atom stereocenters. The van der Waals surface area contributed by atoms with Gasteiger partial charge in [-0.2, -0.15) is 0 Å². The first-order valence-corrected chi connectivity index (χ1v) is 12.3. The number of nitrogens with zero attached hydrogens (tertiary/aromatic N) is 1. The molecule has 0 aromatic heterocycles. The first kappa shape index (κ1) is 25.3. The Labute approximate surface area is 207 Å². The monoisotopic (exact) mass is 483 g/mol. The molecule has 2 aliphatic rings. The quantitative estimate of drug-likeness (QED) is 0.503. The van der Waals surface area contributed by atoms with Crippen LogP contribution >= 0.6 is 0 Å². The van der Waals surface area contributed by atoms with Crippen molar-refractivity contribution in [3.05, 3.63) is 53.6 Å². The van der Waals surface area contributed by atoms with Crippen molar-refractivity contribution in [3.63, 3.8) is 0 Å². The fourth-order valence-electron chi connectivity index (χ4n) is 4.88. The molecular formula is C27H37N3O5. The first-order valence-electron chi connectivity index (χ1n) is 12.3. The van der Waals surface area contributed by atoms with Crippen LogP contribution in [0.1, 0.15) is 29.9 Å². The smallest absolute Gasteiger partial charge is 0.236 e. The maximum absolute atomic E-state index is 12.3. The Morgan fingerprint density at radius 3 is 2.77 bits per heavy atom.